The lowest BCUT2D eigenvalue weighted by Crippen LogP contribution is -2.09. The average molecular weight is 298 g/mol. The highest BCUT2D eigenvalue weighted by atomic mass is 35.5. The van der Waals surface area contributed by atoms with Crippen LogP contribution in [-0.4, -0.2) is 14.6 Å². The Hall–Kier alpha value is -0.800. The molecule has 2 aromatic rings. The quantitative estimate of drug-likeness (QED) is 0.756. The lowest BCUT2D eigenvalue weighted by Gasteiger charge is -2.23. The van der Waals surface area contributed by atoms with Crippen LogP contribution in [0, 0.1) is 0 Å². The molecule has 1 aliphatic carbocycles. The number of aromatic nitrogens is 3. The molecule has 0 atom stereocenters. The molecule has 1 fully saturated rings. The van der Waals surface area contributed by atoms with Gasteiger partial charge in [0.05, 0.1) is 6.20 Å². The first-order valence-corrected chi connectivity index (χ1v) is 7.69. The zero-order chi connectivity index (χ0) is 13.4. The summed E-state index contributed by atoms with van der Waals surface area (Å²) >= 11 is 12.9. The van der Waals surface area contributed by atoms with E-state index in [9.17, 15) is 0 Å². The Bertz CT molecular complexity index is 600. The molecule has 3 rings (SSSR count). The minimum Gasteiger partial charge on any atom is -0.216 e. The van der Waals surface area contributed by atoms with Crippen LogP contribution in [0.5, 0.6) is 0 Å². The maximum absolute atomic E-state index is 6.53. The second-order valence-electron chi connectivity index (χ2n) is 5.20. The maximum atomic E-state index is 6.53. The molecule has 0 N–H and O–H groups in total. The highest BCUT2D eigenvalue weighted by molar-refractivity contribution is 6.35. The van der Waals surface area contributed by atoms with Gasteiger partial charge in [-0.05, 0) is 25.2 Å². The predicted octanol–water partition coefficient (Wildman–Crippen LogP) is 4.65. The third-order valence-corrected chi connectivity index (χ3v) is 4.70. The Labute approximate surface area is 122 Å². The molecular weight excluding hydrogens is 281 g/mol. The molecule has 102 valence electrons. The minimum atomic E-state index is 0.430. The summed E-state index contributed by atoms with van der Waals surface area (Å²) in [6, 6.07) is 0. The van der Waals surface area contributed by atoms with Gasteiger partial charge in [-0.2, -0.15) is 5.10 Å². The summed E-state index contributed by atoms with van der Waals surface area (Å²) in [6.45, 7) is 2.08. The van der Waals surface area contributed by atoms with E-state index in [1.807, 2.05) is 6.20 Å². The largest absolute Gasteiger partial charge is 0.216 e. The Morgan fingerprint density at radius 1 is 1.26 bits per heavy atom. The molecule has 0 spiro atoms. The third-order valence-electron chi connectivity index (χ3n) is 4.05. The van der Waals surface area contributed by atoms with E-state index in [1.54, 1.807) is 4.52 Å². The van der Waals surface area contributed by atoms with Crippen LogP contribution in [0.2, 0.25) is 10.3 Å². The van der Waals surface area contributed by atoms with Crippen molar-refractivity contribution in [3.05, 3.63) is 27.6 Å². The zero-order valence-electron chi connectivity index (χ0n) is 11.0. The Kier molecular flexibility index (Phi) is 3.68. The second kappa shape index (κ2) is 5.29. The summed E-state index contributed by atoms with van der Waals surface area (Å²) in [5.74, 6) is 0.430. The number of fused-ring (bicyclic) bond motifs is 1. The topological polar surface area (TPSA) is 30.2 Å². The molecular formula is C14H17Cl2N3. The molecule has 0 aromatic carbocycles. The lowest BCUT2D eigenvalue weighted by atomic mass is 9.85. The molecule has 2 heterocycles. The van der Waals surface area contributed by atoms with Crippen LogP contribution in [0.4, 0.5) is 0 Å². The number of hydrogen-bond donors (Lipinski definition) is 0. The van der Waals surface area contributed by atoms with E-state index in [-0.39, 0.29) is 0 Å². The van der Waals surface area contributed by atoms with Gasteiger partial charge in [-0.3, -0.25) is 0 Å². The van der Waals surface area contributed by atoms with Crippen LogP contribution in [0.15, 0.2) is 6.20 Å². The summed E-state index contributed by atoms with van der Waals surface area (Å²) < 4.78 is 1.73. The first-order valence-electron chi connectivity index (χ1n) is 6.94. The average Bonchev–Trinajstić information content (AvgIpc) is 2.83. The molecule has 0 radical (unpaired) electrons. The minimum absolute atomic E-state index is 0.430. The lowest BCUT2D eigenvalue weighted by molar-refractivity contribution is 0.441. The van der Waals surface area contributed by atoms with Crippen LogP contribution in [0.1, 0.15) is 56.1 Å². The highest BCUT2D eigenvalue weighted by Crippen LogP contribution is 2.39. The Balaban J connectivity index is 2.14. The van der Waals surface area contributed by atoms with Gasteiger partial charge in [0.1, 0.15) is 10.3 Å². The normalized spacial score (nSPS) is 17.2. The Morgan fingerprint density at radius 2 is 2.00 bits per heavy atom. The van der Waals surface area contributed by atoms with Gasteiger partial charge < -0.3 is 0 Å². The van der Waals surface area contributed by atoms with Gasteiger partial charge in [-0.15, -0.1) is 0 Å². The van der Waals surface area contributed by atoms with Crippen molar-refractivity contribution in [3.63, 3.8) is 0 Å². The zero-order valence-corrected chi connectivity index (χ0v) is 12.5. The molecule has 0 amide bonds. The van der Waals surface area contributed by atoms with Crippen molar-refractivity contribution in [2.75, 3.05) is 0 Å². The number of halogens is 2. The van der Waals surface area contributed by atoms with Crippen LogP contribution < -0.4 is 0 Å². The number of hydrogen-bond acceptors (Lipinski definition) is 2. The molecule has 3 nitrogen and oxygen atoms in total. The first kappa shape index (κ1) is 13.2. The molecule has 0 unspecified atom stereocenters. The van der Waals surface area contributed by atoms with Crippen LogP contribution in [0.3, 0.4) is 0 Å². The van der Waals surface area contributed by atoms with Crippen molar-refractivity contribution in [1.82, 2.24) is 14.6 Å². The van der Waals surface area contributed by atoms with Crippen molar-refractivity contribution in [1.29, 1.82) is 0 Å². The van der Waals surface area contributed by atoms with Gasteiger partial charge in [-0.25, -0.2) is 9.50 Å². The molecule has 1 aliphatic rings. The maximum Gasteiger partial charge on any atom is 0.161 e. The van der Waals surface area contributed by atoms with Crippen molar-refractivity contribution in [2.45, 2.75) is 51.4 Å². The van der Waals surface area contributed by atoms with Crippen molar-refractivity contribution < 1.29 is 0 Å². The highest BCUT2D eigenvalue weighted by Gasteiger charge is 2.24. The fraction of sp³-hybridized carbons (Fsp3) is 0.571. The predicted molar refractivity (Wildman–Crippen MR) is 78.2 cm³/mol. The third kappa shape index (κ3) is 2.23. The van der Waals surface area contributed by atoms with Crippen molar-refractivity contribution >= 4 is 28.8 Å². The molecule has 0 aliphatic heterocycles. The van der Waals surface area contributed by atoms with Crippen molar-refractivity contribution in [2.24, 2.45) is 0 Å². The van der Waals surface area contributed by atoms with E-state index in [4.69, 9.17) is 23.2 Å². The van der Waals surface area contributed by atoms with Gasteiger partial charge in [0.25, 0.3) is 0 Å². The number of nitrogens with zero attached hydrogens (tertiary/aromatic N) is 3. The fourth-order valence-electron chi connectivity index (χ4n) is 2.97. The van der Waals surface area contributed by atoms with E-state index >= 15 is 0 Å². The summed E-state index contributed by atoms with van der Waals surface area (Å²) in [7, 11) is 0. The smallest absolute Gasteiger partial charge is 0.161 e. The van der Waals surface area contributed by atoms with Crippen LogP contribution in [0.25, 0.3) is 5.65 Å². The molecule has 1 saturated carbocycles. The van der Waals surface area contributed by atoms with Crippen LogP contribution >= 0.6 is 23.2 Å². The standard InChI is InChI=1S/C14H17Cl2N3/c1-2-9-8-17-19-13(16)11(12(15)18-14(9)19)10-6-4-3-5-7-10/h8,10H,2-7H2,1H3. The summed E-state index contributed by atoms with van der Waals surface area (Å²) in [5.41, 5.74) is 2.86. The van der Waals surface area contributed by atoms with Crippen LogP contribution in [-0.2, 0) is 6.42 Å². The van der Waals surface area contributed by atoms with Gasteiger partial charge in [0, 0.05) is 11.1 Å². The first-order chi connectivity index (χ1) is 9.22. The van der Waals surface area contributed by atoms with E-state index in [0.29, 0.717) is 16.2 Å². The van der Waals surface area contributed by atoms with Gasteiger partial charge in [-0.1, -0.05) is 49.4 Å². The monoisotopic (exact) mass is 297 g/mol. The summed E-state index contributed by atoms with van der Waals surface area (Å²) in [4.78, 5) is 4.52. The van der Waals surface area contributed by atoms with Gasteiger partial charge in [0.15, 0.2) is 5.65 Å². The van der Waals surface area contributed by atoms with Gasteiger partial charge >= 0.3 is 0 Å². The molecule has 0 bridgehead atoms. The van der Waals surface area contributed by atoms with Gasteiger partial charge in [0.2, 0.25) is 0 Å². The molecule has 19 heavy (non-hydrogen) atoms. The molecule has 2 aromatic heterocycles. The fourth-order valence-corrected chi connectivity index (χ4v) is 3.71. The Morgan fingerprint density at radius 3 is 2.68 bits per heavy atom. The SMILES string of the molecule is CCc1cnn2c(Cl)c(C3CCCCC3)c(Cl)nc12. The van der Waals surface area contributed by atoms with E-state index in [0.717, 1.165) is 36.0 Å². The summed E-state index contributed by atoms with van der Waals surface area (Å²) in [5, 5.41) is 5.54. The number of rotatable bonds is 2. The van der Waals surface area contributed by atoms with E-state index in [2.05, 4.69) is 17.0 Å². The van der Waals surface area contributed by atoms with Crippen molar-refractivity contribution in [3.8, 4) is 0 Å². The second-order valence-corrected chi connectivity index (χ2v) is 5.92. The summed E-state index contributed by atoms with van der Waals surface area (Å²) in [6.07, 6.45) is 8.80. The molecule has 5 heteroatoms. The number of aryl methyl sites for hydroxylation is 1. The van der Waals surface area contributed by atoms with E-state index < -0.39 is 0 Å². The molecule has 0 saturated heterocycles. The van der Waals surface area contributed by atoms with E-state index in [1.165, 1.54) is 19.3 Å².